The van der Waals surface area contributed by atoms with Crippen LogP contribution in [0.4, 0.5) is 52.0 Å². The molecule has 137 heavy (non-hydrogen) atoms. The minimum Gasteiger partial charge on any atom is -0.382 e. The highest BCUT2D eigenvalue weighted by Gasteiger charge is 2.35. The van der Waals surface area contributed by atoms with E-state index in [9.17, 15) is 37.2 Å². The van der Waals surface area contributed by atoms with Crippen molar-refractivity contribution in [2.24, 2.45) is 5.92 Å². The second kappa shape index (κ2) is 43.1. The first-order valence-electron chi connectivity index (χ1n) is 49.0. The normalized spacial score (nSPS) is 20.6. The van der Waals surface area contributed by atoms with Crippen molar-refractivity contribution in [1.29, 1.82) is 0 Å². The molecule has 8 N–H and O–H groups in total. The summed E-state index contributed by atoms with van der Waals surface area (Å²) in [5, 5.41) is 29.9. The number of nitrogens with zero attached hydrogens (tertiary/aromatic N) is 13. The number of anilines is 9. The number of Topliss-reactive ketones (excluding diaryl/α,β-unsaturated/α-hetero) is 1. The smallest absolute Gasteiger partial charge is 0.261 e. The van der Waals surface area contributed by atoms with Crippen LogP contribution in [-0.2, 0) is 30.8 Å². The van der Waals surface area contributed by atoms with Gasteiger partial charge in [0.05, 0.1) is 22.5 Å². The molecule has 31 heteroatoms. The fourth-order valence-electron chi connectivity index (χ4n) is 21.1. The first-order valence-corrected chi connectivity index (χ1v) is 51.4. The van der Waals surface area contributed by atoms with Crippen LogP contribution in [0.15, 0.2) is 179 Å². The van der Waals surface area contributed by atoms with Gasteiger partial charge >= 0.3 is 0 Å². The van der Waals surface area contributed by atoms with Crippen molar-refractivity contribution in [3.8, 4) is 33.5 Å². The molecule has 7 aromatic heterocycles. The third-order valence-corrected chi connectivity index (χ3v) is 30.6. The van der Waals surface area contributed by atoms with Crippen molar-refractivity contribution in [3.63, 3.8) is 0 Å². The molecule has 2 saturated carbocycles. The average Bonchev–Trinajstić information content (AvgIpc) is 1.31. The molecule has 19 rings (SSSR count). The third-order valence-electron chi connectivity index (χ3n) is 28.6. The molecule has 12 heterocycles. The lowest BCUT2D eigenvalue weighted by Gasteiger charge is -2.35. The molecule has 0 radical (unpaired) electrons. The number of hydrogen-bond acceptors (Lipinski definition) is 24. The number of nitrogens with one attached hydrogen (secondary N) is 8. The molecule has 5 saturated heterocycles. The van der Waals surface area contributed by atoms with Crippen LogP contribution in [0, 0.1) is 12.8 Å². The van der Waals surface area contributed by atoms with E-state index in [1.807, 2.05) is 132 Å². The number of pyridine rings is 4. The Hall–Kier alpha value is -12.4. The Kier molecular flexibility index (Phi) is 30.3. The largest absolute Gasteiger partial charge is 0.382 e. The van der Waals surface area contributed by atoms with E-state index in [0.29, 0.717) is 125 Å². The number of likely N-dealkylation sites (N-methyl/N-ethyl adjacent to an activating group) is 1. The van der Waals surface area contributed by atoms with E-state index >= 15 is 0 Å². The molecule has 5 aliphatic heterocycles. The molecule has 0 spiro atoms. The summed E-state index contributed by atoms with van der Waals surface area (Å²) < 4.78 is 30.1. The molecule has 12 aromatic rings. The summed E-state index contributed by atoms with van der Waals surface area (Å²) in [6.07, 6.45) is 24.8. The monoisotopic (exact) mass is 1890 g/mol. The van der Waals surface area contributed by atoms with Gasteiger partial charge in [-0.1, -0.05) is 53.6 Å². The number of hydrogen-bond donors (Lipinski definition) is 8. The van der Waals surface area contributed by atoms with Crippen LogP contribution in [0.25, 0.3) is 66.6 Å². The Morgan fingerprint density at radius 1 is 0.489 bits per heavy atom. The van der Waals surface area contributed by atoms with Gasteiger partial charge in [0.2, 0.25) is 29.7 Å². The highest BCUT2D eigenvalue weighted by Crippen LogP contribution is 2.43. The number of sulfone groups is 1. The molecular weight excluding hydrogens is 1760 g/mol. The van der Waals surface area contributed by atoms with Crippen molar-refractivity contribution in [2.45, 2.75) is 224 Å². The minimum atomic E-state index is -3.17. The number of fused-ring (bicyclic) bond motifs is 3. The van der Waals surface area contributed by atoms with Crippen molar-refractivity contribution in [2.75, 3.05) is 104 Å². The summed E-state index contributed by atoms with van der Waals surface area (Å²) in [5.74, 6) is 2.29. The maximum absolute atomic E-state index is 14.8. The van der Waals surface area contributed by atoms with Gasteiger partial charge < -0.3 is 57.2 Å². The van der Waals surface area contributed by atoms with Gasteiger partial charge in [-0.2, -0.15) is 15.0 Å². The molecule has 5 aromatic carbocycles. The Morgan fingerprint density at radius 3 is 1.63 bits per heavy atom. The third kappa shape index (κ3) is 22.9. The number of carbonyl (C=O) groups is 3. The Morgan fingerprint density at radius 2 is 1.07 bits per heavy atom. The highest BCUT2D eigenvalue weighted by atomic mass is 35.5. The number of benzene rings is 5. The molecule has 718 valence electrons. The van der Waals surface area contributed by atoms with Crippen LogP contribution in [0.1, 0.15) is 209 Å². The first kappa shape index (κ1) is 96.3. The van der Waals surface area contributed by atoms with Gasteiger partial charge in [-0.05, 0) is 315 Å². The van der Waals surface area contributed by atoms with Gasteiger partial charge in [-0.15, -0.1) is 0 Å². The van der Waals surface area contributed by atoms with E-state index in [-0.39, 0.29) is 70.2 Å². The van der Waals surface area contributed by atoms with E-state index in [0.717, 1.165) is 220 Å². The van der Waals surface area contributed by atoms with Crippen molar-refractivity contribution >= 4 is 124 Å². The highest BCUT2D eigenvalue weighted by molar-refractivity contribution is 7.91. The Balaban J connectivity index is 0.000000143. The van der Waals surface area contributed by atoms with Crippen LogP contribution in [-0.4, -0.2) is 185 Å². The Bertz CT molecular complexity index is 6670. The summed E-state index contributed by atoms with van der Waals surface area (Å²) >= 11 is 6.80. The molecule has 7 fully saturated rings. The summed E-state index contributed by atoms with van der Waals surface area (Å²) in [6, 6.07) is 47.1. The summed E-state index contributed by atoms with van der Waals surface area (Å²) in [7, 11) is -1.02. The Labute approximate surface area is 806 Å². The molecule has 2 aliphatic carbocycles. The average molecular weight is 1890 g/mol. The zero-order valence-electron chi connectivity index (χ0n) is 80.0. The molecule has 4 atom stereocenters. The van der Waals surface area contributed by atoms with Crippen LogP contribution in [0.5, 0.6) is 0 Å². The lowest BCUT2D eigenvalue weighted by atomic mass is 9.75. The summed E-state index contributed by atoms with van der Waals surface area (Å²) in [4.78, 5) is 118. The number of aromatic nitrogens is 10. The minimum absolute atomic E-state index is 0.0258. The lowest BCUT2D eigenvalue weighted by Crippen LogP contribution is -2.38. The second-order valence-electron chi connectivity index (χ2n) is 38.7. The number of ketones is 1. The van der Waals surface area contributed by atoms with E-state index < -0.39 is 15.1 Å². The van der Waals surface area contributed by atoms with E-state index in [2.05, 4.69) is 114 Å². The number of carbonyl (C=O) groups excluding carboxylic acids is 3. The topological polar surface area (TPSA) is 348 Å². The molecule has 2 amide bonds. The summed E-state index contributed by atoms with van der Waals surface area (Å²) in [5.41, 5.74) is 15.3. The fourth-order valence-corrected chi connectivity index (χ4v) is 22.5. The van der Waals surface area contributed by atoms with Gasteiger partial charge in [0.15, 0.2) is 0 Å². The van der Waals surface area contributed by atoms with E-state index in [4.69, 9.17) is 36.5 Å². The zero-order chi connectivity index (χ0) is 95.7. The van der Waals surface area contributed by atoms with Gasteiger partial charge in [0.1, 0.15) is 32.6 Å². The van der Waals surface area contributed by atoms with Gasteiger partial charge in [-0.25, -0.2) is 23.4 Å². The molecule has 7 aliphatic rings. The number of rotatable bonds is 23. The fraction of sp³-hybridized carbons (Fsp3) is 0.443. The predicted molar refractivity (Wildman–Crippen MR) is 549 cm³/mol. The summed E-state index contributed by atoms with van der Waals surface area (Å²) in [6.45, 7) is 21.9. The van der Waals surface area contributed by atoms with Crippen molar-refractivity contribution in [3.05, 3.63) is 223 Å². The van der Waals surface area contributed by atoms with Crippen LogP contribution >= 0.6 is 11.6 Å². The van der Waals surface area contributed by atoms with Gasteiger partial charge in [0.25, 0.3) is 16.7 Å². The van der Waals surface area contributed by atoms with Crippen molar-refractivity contribution in [1.82, 2.24) is 73.9 Å². The van der Waals surface area contributed by atoms with Crippen molar-refractivity contribution < 1.29 is 22.8 Å². The van der Waals surface area contributed by atoms with Gasteiger partial charge in [0, 0.05) is 198 Å². The predicted octanol–water partition coefficient (Wildman–Crippen LogP) is 18.2. The van der Waals surface area contributed by atoms with Gasteiger partial charge in [-0.3, -0.25) is 47.5 Å². The standard InChI is InChI=1S/C40H50N6O4S.C33H38ClN7O2.C33H40N8O2/c1-25-6-19-35(36(21-25)28-9-7-27(8-10-28)26(2)47)37-22-29-23-42-40(44-31-13-11-30(12-14-31)43-32-5-4-20-41-24-32)45-38(29)46(39(37)48)33-15-17-34(18-16-33)51(3,49)50;1-3-41-31-24(19-36-33(39-31)38-26-9-7-25(8-10-26)37-27-12-14-35-15-13-27)17-29(32(41)43)28-11-6-22(18-30(28)34)23-5-4-16-40(20-23)21(2)42;1-21(2)41-31-24(19-35-33(38-31)37-26-11-9-25(10-12-26)36-27-14-16-39(4)20-27)17-28(32(41)43)29-13-8-23(18-34-29)30-7-5-6-15-40(30)22(3)42/h6,11-14,19,21-23,27-28,32-34,41,43H,4-5,7-10,15-18,20,24H2,1-3H3,(H,42,44,45);6-11,17-19,23,27,35,37H,3-5,12-16,20H2,1-2H3,(H,36,38,39);8-13,17-19,21,27,30,36H,5-7,14-16,20H2,1-4H3,(H,35,37,38). The molecule has 4 unspecified atom stereocenters. The maximum Gasteiger partial charge on any atom is 0.261 e. The maximum atomic E-state index is 14.8. The number of halogens is 1. The van der Waals surface area contributed by atoms with Crippen LogP contribution in [0.3, 0.4) is 0 Å². The van der Waals surface area contributed by atoms with Crippen LogP contribution in [0.2, 0.25) is 5.02 Å². The molecule has 0 bridgehead atoms. The second-order valence-corrected chi connectivity index (χ2v) is 41.4. The zero-order valence-corrected chi connectivity index (χ0v) is 81.6. The lowest BCUT2D eigenvalue weighted by molar-refractivity contribution is -0.132. The number of piperidine rings is 4. The van der Waals surface area contributed by atoms with E-state index in [1.165, 1.54) is 6.26 Å². The number of likely N-dealkylation sites (tertiary alicyclic amines) is 3. The van der Waals surface area contributed by atoms with Crippen LogP contribution < -0.4 is 59.2 Å². The van der Waals surface area contributed by atoms with E-state index in [1.54, 1.807) is 54.7 Å². The quantitative estimate of drug-likeness (QED) is 0.0295. The number of amides is 2. The SMILES string of the molecule is CC(=O)C1CCC(c2cc(C)ccc2-c2cc3cnc(Nc4ccc(NC5CCCNC5)cc4)nc3n(C3CCC(S(C)(=O)=O)CC3)c2=O)CC1.CC(=O)N1CCCCC1c1ccc(-c2cc3cnc(Nc4ccc(NC5CCN(C)C5)cc4)nc3n(C(C)C)c2=O)nc1.CCn1c(=O)c(-c2ccc(C3CCCN(C(C)=O)C3)cc2Cl)cc2cnc(Nc3ccc(NC4CCNCC4)cc3)nc21. The number of aryl methyl sites for hydroxylation is 2. The molecule has 29 nitrogen and oxygen atoms in total. The molecular formula is C106H128ClN21O8S. The first-order chi connectivity index (χ1) is 66.2.